The predicted octanol–water partition coefficient (Wildman–Crippen LogP) is 3.76. The van der Waals surface area contributed by atoms with Crippen LogP contribution < -0.4 is 5.32 Å². The van der Waals surface area contributed by atoms with Crippen LogP contribution in [-0.2, 0) is 0 Å². The zero-order valence-corrected chi connectivity index (χ0v) is 15.0. The zero-order valence-electron chi connectivity index (χ0n) is 14.2. The van der Waals surface area contributed by atoms with Gasteiger partial charge >= 0.3 is 0 Å². The van der Waals surface area contributed by atoms with E-state index in [0.29, 0.717) is 0 Å². The Bertz CT molecular complexity index is 311. The van der Waals surface area contributed by atoms with E-state index >= 15 is 0 Å². The highest BCUT2D eigenvalue weighted by molar-refractivity contribution is 7.99. The molecule has 1 aliphatic heterocycles. The van der Waals surface area contributed by atoms with Gasteiger partial charge in [-0.1, -0.05) is 6.42 Å². The van der Waals surface area contributed by atoms with E-state index in [1.807, 2.05) is 0 Å². The number of hydrogen-bond acceptors (Lipinski definition) is 3. The molecular formula is C18H34N2S. The fourth-order valence-electron chi connectivity index (χ4n) is 4.90. The Morgan fingerprint density at radius 3 is 2.10 bits per heavy atom. The van der Waals surface area contributed by atoms with Crippen molar-refractivity contribution < 1.29 is 0 Å². The van der Waals surface area contributed by atoms with Crippen LogP contribution in [0.25, 0.3) is 0 Å². The van der Waals surface area contributed by atoms with Gasteiger partial charge < -0.3 is 10.2 Å². The maximum Gasteiger partial charge on any atom is 0.0151 e. The number of rotatable bonds is 4. The fraction of sp³-hybridized carbons (Fsp3) is 1.00. The highest BCUT2D eigenvalue weighted by Gasteiger charge is 2.40. The van der Waals surface area contributed by atoms with E-state index in [1.165, 1.54) is 58.0 Å². The second kappa shape index (κ2) is 7.23. The molecule has 1 N–H and O–H groups in total. The molecule has 0 amide bonds. The maximum atomic E-state index is 4.13. The van der Waals surface area contributed by atoms with Crippen LogP contribution in [0.5, 0.6) is 0 Å². The van der Waals surface area contributed by atoms with E-state index in [1.54, 1.807) is 0 Å². The van der Waals surface area contributed by atoms with Crippen molar-refractivity contribution in [2.45, 2.75) is 82.2 Å². The minimum Gasteiger partial charge on any atom is -0.311 e. The third-order valence-corrected chi connectivity index (χ3v) is 7.41. The third-order valence-electron chi connectivity index (χ3n) is 6.27. The molecule has 2 atom stereocenters. The predicted molar refractivity (Wildman–Crippen MR) is 94.0 cm³/mol. The van der Waals surface area contributed by atoms with Crippen molar-refractivity contribution in [1.29, 1.82) is 0 Å². The number of hydrogen-bond donors (Lipinski definition) is 1. The van der Waals surface area contributed by atoms with Crippen molar-refractivity contribution in [2.75, 3.05) is 19.3 Å². The molecule has 1 heterocycles. The van der Waals surface area contributed by atoms with Gasteiger partial charge in [-0.2, -0.15) is 11.8 Å². The topological polar surface area (TPSA) is 15.3 Å². The maximum absolute atomic E-state index is 4.13. The van der Waals surface area contributed by atoms with E-state index in [9.17, 15) is 0 Å². The summed E-state index contributed by atoms with van der Waals surface area (Å²) in [7, 11) is 0. The lowest BCUT2D eigenvalue weighted by Gasteiger charge is -2.50. The van der Waals surface area contributed by atoms with E-state index in [4.69, 9.17) is 0 Å². The van der Waals surface area contributed by atoms with Gasteiger partial charge in [0, 0.05) is 36.5 Å². The van der Waals surface area contributed by atoms with Gasteiger partial charge in [-0.15, -0.1) is 0 Å². The first-order chi connectivity index (χ1) is 10.2. The highest BCUT2D eigenvalue weighted by Crippen LogP contribution is 2.37. The molecule has 122 valence electrons. The second-order valence-corrected chi connectivity index (χ2v) is 9.04. The number of thioether (sulfide) groups is 1. The molecule has 0 aromatic carbocycles. The summed E-state index contributed by atoms with van der Waals surface area (Å²) in [6, 6.07) is 2.36. The Morgan fingerprint density at radius 1 is 0.952 bits per heavy atom. The van der Waals surface area contributed by atoms with Crippen LogP contribution in [0.2, 0.25) is 0 Å². The normalized spacial score (nSPS) is 41.4. The van der Waals surface area contributed by atoms with Crippen LogP contribution >= 0.6 is 11.8 Å². The zero-order chi connectivity index (χ0) is 14.8. The first-order valence-corrected chi connectivity index (χ1v) is 10.5. The molecule has 0 spiro atoms. The molecule has 1 saturated heterocycles. The van der Waals surface area contributed by atoms with E-state index < -0.39 is 0 Å². The average molecular weight is 311 g/mol. The summed E-state index contributed by atoms with van der Waals surface area (Å²) in [5.74, 6) is 1.83. The van der Waals surface area contributed by atoms with Gasteiger partial charge in [0.25, 0.3) is 0 Å². The van der Waals surface area contributed by atoms with E-state index in [-0.39, 0.29) is 0 Å². The van der Waals surface area contributed by atoms with Crippen LogP contribution in [0, 0.1) is 11.8 Å². The van der Waals surface area contributed by atoms with Gasteiger partial charge in [0.1, 0.15) is 0 Å². The van der Waals surface area contributed by atoms with Crippen molar-refractivity contribution >= 4 is 11.8 Å². The summed E-state index contributed by atoms with van der Waals surface area (Å²) in [5.41, 5.74) is 0. The SMILES string of the molecule is CSC1CCC(NC2C3CCCC2CN(C(C)C)C3)CC1. The highest BCUT2D eigenvalue weighted by atomic mass is 32.2. The molecule has 3 rings (SSSR count). The summed E-state index contributed by atoms with van der Waals surface area (Å²) in [6.45, 7) is 7.42. The number of likely N-dealkylation sites (tertiary alicyclic amines) is 1. The van der Waals surface area contributed by atoms with Crippen LogP contribution in [0.1, 0.15) is 58.8 Å². The van der Waals surface area contributed by atoms with Crippen LogP contribution in [0.3, 0.4) is 0 Å². The van der Waals surface area contributed by atoms with Crippen LogP contribution in [-0.4, -0.2) is 47.6 Å². The average Bonchev–Trinajstić information content (AvgIpc) is 2.47. The smallest absolute Gasteiger partial charge is 0.0151 e. The van der Waals surface area contributed by atoms with Gasteiger partial charge in [-0.05, 0) is 70.5 Å². The molecule has 3 aliphatic rings. The molecule has 2 saturated carbocycles. The number of piperidine rings is 1. The van der Waals surface area contributed by atoms with Crippen LogP contribution in [0.4, 0.5) is 0 Å². The largest absolute Gasteiger partial charge is 0.311 e. The van der Waals surface area contributed by atoms with E-state index in [0.717, 1.165) is 35.2 Å². The standard InChI is InChI=1S/C18H34N2S/c1-13(2)20-11-14-5-4-6-15(12-20)18(14)19-16-7-9-17(21-3)10-8-16/h13-19H,4-12H2,1-3H3. The van der Waals surface area contributed by atoms with Gasteiger partial charge in [-0.3, -0.25) is 0 Å². The molecule has 2 aliphatic carbocycles. The van der Waals surface area contributed by atoms with Crippen molar-refractivity contribution in [3.05, 3.63) is 0 Å². The van der Waals surface area contributed by atoms with Gasteiger partial charge in [0.05, 0.1) is 0 Å². The van der Waals surface area contributed by atoms with E-state index in [2.05, 4.69) is 42.1 Å². The summed E-state index contributed by atoms with van der Waals surface area (Å²) in [6.07, 6.45) is 12.3. The molecule has 0 aromatic rings. The van der Waals surface area contributed by atoms with Crippen molar-refractivity contribution in [3.8, 4) is 0 Å². The Labute approximate surface area is 135 Å². The lowest BCUT2D eigenvalue weighted by molar-refractivity contribution is 0.0230. The van der Waals surface area contributed by atoms with Crippen LogP contribution in [0.15, 0.2) is 0 Å². The minimum absolute atomic E-state index is 0.728. The molecular weight excluding hydrogens is 276 g/mol. The quantitative estimate of drug-likeness (QED) is 0.851. The lowest BCUT2D eigenvalue weighted by atomic mass is 9.72. The molecule has 0 aromatic heterocycles. The molecule has 21 heavy (non-hydrogen) atoms. The molecule has 0 radical (unpaired) electrons. The number of fused-ring (bicyclic) bond motifs is 2. The van der Waals surface area contributed by atoms with Gasteiger partial charge in [0.2, 0.25) is 0 Å². The van der Waals surface area contributed by atoms with Gasteiger partial charge in [-0.25, -0.2) is 0 Å². The first kappa shape index (κ1) is 16.1. The number of nitrogens with zero attached hydrogens (tertiary/aromatic N) is 1. The Hall–Kier alpha value is 0.270. The van der Waals surface area contributed by atoms with Crippen molar-refractivity contribution in [3.63, 3.8) is 0 Å². The summed E-state index contributed by atoms with van der Waals surface area (Å²) in [4.78, 5) is 2.73. The van der Waals surface area contributed by atoms with Crippen molar-refractivity contribution in [1.82, 2.24) is 10.2 Å². The Morgan fingerprint density at radius 2 is 1.57 bits per heavy atom. The monoisotopic (exact) mass is 310 g/mol. The molecule has 3 heteroatoms. The van der Waals surface area contributed by atoms with Gasteiger partial charge in [0.15, 0.2) is 0 Å². The van der Waals surface area contributed by atoms with Crippen molar-refractivity contribution in [2.24, 2.45) is 11.8 Å². The second-order valence-electron chi connectivity index (χ2n) is 7.90. The first-order valence-electron chi connectivity index (χ1n) is 9.20. The summed E-state index contributed by atoms with van der Waals surface area (Å²) >= 11 is 2.08. The molecule has 2 bridgehead atoms. The lowest BCUT2D eigenvalue weighted by Crippen LogP contribution is -2.60. The number of nitrogens with one attached hydrogen (secondary N) is 1. The minimum atomic E-state index is 0.728. The Kier molecular flexibility index (Phi) is 5.55. The Balaban J connectivity index is 1.56. The fourth-order valence-corrected chi connectivity index (χ4v) is 5.65. The third kappa shape index (κ3) is 3.79. The summed E-state index contributed by atoms with van der Waals surface area (Å²) < 4.78 is 0. The molecule has 3 fully saturated rings. The molecule has 2 unspecified atom stereocenters. The molecule has 2 nitrogen and oxygen atoms in total. The summed E-state index contributed by atoms with van der Waals surface area (Å²) in [5, 5.41) is 5.06.